The summed E-state index contributed by atoms with van der Waals surface area (Å²) in [6.07, 6.45) is 4.96. The summed E-state index contributed by atoms with van der Waals surface area (Å²) in [6, 6.07) is 5.65. The Hall–Kier alpha value is -2.12. The summed E-state index contributed by atoms with van der Waals surface area (Å²) in [5.41, 5.74) is 6.96. The van der Waals surface area contributed by atoms with Gasteiger partial charge in [-0.05, 0) is 58.4 Å². The van der Waals surface area contributed by atoms with Crippen LogP contribution in [0.1, 0.15) is 46.3 Å². The van der Waals surface area contributed by atoms with E-state index in [1.165, 1.54) is 0 Å². The summed E-state index contributed by atoms with van der Waals surface area (Å²) in [6.45, 7) is 10.0. The molecule has 6 nitrogen and oxygen atoms in total. The molecule has 25 heavy (non-hydrogen) atoms. The SMILES string of the molecule is CC(Oc1cc(B2OC(C)(C)C(C)(C)O2)cnc1N)c1ccncc1. The Kier molecular flexibility index (Phi) is 4.47. The minimum Gasteiger partial charge on any atom is -0.482 e. The van der Waals surface area contributed by atoms with Gasteiger partial charge in [0.15, 0.2) is 11.6 Å². The minimum absolute atomic E-state index is 0.180. The van der Waals surface area contributed by atoms with E-state index in [0.717, 1.165) is 11.0 Å². The second-order valence-electron chi connectivity index (χ2n) is 7.28. The van der Waals surface area contributed by atoms with Crippen molar-refractivity contribution in [3.05, 3.63) is 42.4 Å². The van der Waals surface area contributed by atoms with Crippen molar-refractivity contribution in [3.8, 4) is 5.75 Å². The molecule has 0 saturated carbocycles. The van der Waals surface area contributed by atoms with Crippen LogP contribution in [-0.2, 0) is 9.31 Å². The van der Waals surface area contributed by atoms with Gasteiger partial charge >= 0.3 is 7.12 Å². The lowest BCUT2D eigenvalue weighted by Crippen LogP contribution is -2.41. The number of hydrogen-bond donors (Lipinski definition) is 1. The Balaban J connectivity index is 1.82. The van der Waals surface area contributed by atoms with Crippen LogP contribution < -0.4 is 15.9 Å². The zero-order valence-corrected chi connectivity index (χ0v) is 15.3. The van der Waals surface area contributed by atoms with Gasteiger partial charge in [-0.25, -0.2) is 4.98 Å². The maximum absolute atomic E-state index is 6.07. The largest absolute Gasteiger partial charge is 0.496 e. The van der Waals surface area contributed by atoms with E-state index in [0.29, 0.717) is 11.6 Å². The molecule has 132 valence electrons. The fourth-order valence-corrected chi connectivity index (χ4v) is 2.57. The molecule has 2 aromatic heterocycles. The zero-order valence-electron chi connectivity index (χ0n) is 15.3. The summed E-state index contributed by atoms with van der Waals surface area (Å²) >= 11 is 0. The molecule has 0 radical (unpaired) electrons. The van der Waals surface area contributed by atoms with Crippen LogP contribution in [0.4, 0.5) is 5.82 Å². The maximum atomic E-state index is 6.07. The average Bonchev–Trinajstić information content (AvgIpc) is 2.78. The van der Waals surface area contributed by atoms with Gasteiger partial charge in [0.25, 0.3) is 0 Å². The molecule has 0 aromatic carbocycles. The first-order valence-electron chi connectivity index (χ1n) is 8.37. The predicted octanol–water partition coefficient (Wildman–Crippen LogP) is 2.50. The van der Waals surface area contributed by atoms with E-state index in [9.17, 15) is 0 Å². The van der Waals surface area contributed by atoms with E-state index < -0.39 is 18.3 Å². The van der Waals surface area contributed by atoms with E-state index in [4.69, 9.17) is 19.8 Å². The predicted molar refractivity (Wildman–Crippen MR) is 97.6 cm³/mol. The van der Waals surface area contributed by atoms with E-state index in [1.807, 2.05) is 52.8 Å². The highest BCUT2D eigenvalue weighted by Gasteiger charge is 2.52. The third kappa shape index (κ3) is 3.48. The van der Waals surface area contributed by atoms with E-state index >= 15 is 0 Å². The van der Waals surface area contributed by atoms with Crippen molar-refractivity contribution in [1.29, 1.82) is 0 Å². The Morgan fingerprint density at radius 3 is 2.32 bits per heavy atom. The van der Waals surface area contributed by atoms with Crippen molar-refractivity contribution >= 4 is 18.4 Å². The highest BCUT2D eigenvalue weighted by atomic mass is 16.7. The van der Waals surface area contributed by atoms with Crippen LogP contribution in [0, 0.1) is 0 Å². The van der Waals surface area contributed by atoms with E-state index in [2.05, 4.69) is 9.97 Å². The van der Waals surface area contributed by atoms with Crippen LogP contribution in [0.2, 0.25) is 0 Å². The number of nitrogens with two attached hydrogens (primary N) is 1. The van der Waals surface area contributed by atoms with Crippen molar-refractivity contribution < 1.29 is 14.0 Å². The van der Waals surface area contributed by atoms with Crippen LogP contribution >= 0.6 is 0 Å². The number of nitrogen functional groups attached to an aromatic ring is 1. The first kappa shape index (κ1) is 17.7. The summed E-state index contributed by atoms with van der Waals surface area (Å²) in [4.78, 5) is 8.27. The van der Waals surface area contributed by atoms with Gasteiger partial charge in [0.05, 0.1) is 11.2 Å². The molecule has 1 aliphatic rings. The van der Waals surface area contributed by atoms with Crippen LogP contribution in [0.15, 0.2) is 36.8 Å². The second kappa shape index (κ2) is 6.31. The van der Waals surface area contributed by atoms with Gasteiger partial charge in [0.2, 0.25) is 0 Å². The first-order chi connectivity index (χ1) is 11.7. The number of hydrogen-bond acceptors (Lipinski definition) is 6. The number of anilines is 1. The van der Waals surface area contributed by atoms with Gasteiger partial charge in [0.1, 0.15) is 6.10 Å². The Morgan fingerprint density at radius 1 is 1.12 bits per heavy atom. The van der Waals surface area contributed by atoms with Crippen LogP contribution in [0.25, 0.3) is 0 Å². The Labute approximate surface area is 148 Å². The molecule has 1 fully saturated rings. The zero-order chi connectivity index (χ0) is 18.2. The standard InChI is InChI=1S/C18H24BN3O3/c1-12(13-6-8-21-9-7-13)23-15-10-14(11-22-16(15)20)19-24-17(2,3)18(4,5)25-19/h6-12H,1-5H3,(H2,20,22). The third-order valence-corrected chi connectivity index (χ3v) is 4.91. The van der Waals surface area contributed by atoms with Crippen molar-refractivity contribution in [2.75, 3.05) is 5.73 Å². The number of rotatable bonds is 4. The van der Waals surface area contributed by atoms with Gasteiger partial charge in [0, 0.05) is 24.1 Å². The smallest absolute Gasteiger partial charge is 0.482 e. The van der Waals surface area contributed by atoms with Crippen molar-refractivity contribution in [2.45, 2.75) is 51.9 Å². The molecule has 2 N–H and O–H groups in total. The van der Waals surface area contributed by atoms with Gasteiger partial charge in [-0.15, -0.1) is 0 Å². The molecule has 1 atom stereocenters. The molecule has 1 saturated heterocycles. The molecule has 3 heterocycles. The van der Waals surface area contributed by atoms with Gasteiger partial charge in [-0.3, -0.25) is 4.98 Å². The molecule has 3 rings (SSSR count). The van der Waals surface area contributed by atoms with Crippen LogP contribution in [0.3, 0.4) is 0 Å². The number of ether oxygens (including phenoxy) is 1. The van der Waals surface area contributed by atoms with Crippen LogP contribution in [-0.4, -0.2) is 28.3 Å². The lowest BCUT2D eigenvalue weighted by molar-refractivity contribution is 0.00578. The molecule has 0 bridgehead atoms. The maximum Gasteiger partial charge on any atom is 0.496 e. The topological polar surface area (TPSA) is 79.5 Å². The summed E-state index contributed by atoms with van der Waals surface area (Å²) in [5, 5.41) is 0. The monoisotopic (exact) mass is 341 g/mol. The molecule has 7 heteroatoms. The summed E-state index contributed by atoms with van der Waals surface area (Å²) in [5.74, 6) is 0.845. The fraction of sp³-hybridized carbons (Fsp3) is 0.444. The molecular weight excluding hydrogens is 317 g/mol. The fourth-order valence-electron chi connectivity index (χ4n) is 2.57. The Bertz CT molecular complexity index is 736. The molecule has 2 aromatic rings. The summed E-state index contributed by atoms with van der Waals surface area (Å²) < 4.78 is 18.1. The van der Waals surface area contributed by atoms with Gasteiger partial charge in [-0.1, -0.05) is 0 Å². The Morgan fingerprint density at radius 2 is 1.72 bits per heavy atom. The molecule has 0 spiro atoms. The first-order valence-corrected chi connectivity index (χ1v) is 8.37. The lowest BCUT2D eigenvalue weighted by Gasteiger charge is -2.32. The van der Waals surface area contributed by atoms with Crippen molar-refractivity contribution in [3.63, 3.8) is 0 Å². The second-order valence-corrected chi connectivity index (χ2v) is 7.28. The normalized spacial score (nSPS) is 19.6. The highest BCUT2D eigenvalue weighted by molar-refractivity contribution is 6.62. The number of pyridine rings is 2. The molecule has 1 aliphatic heterocycles. The van der Waals surface area contributed by atoms with Gasteiger partial charge < -0.3 is 19.8 Å². The minimum atomic E-state index is -0.503. The quantitative estimate of drug-likeness (QED) is 0.861. The molecular formula is C18H24BN3O3. The average molecular weight is 341 g/mol. The summed E-state index contributed by atoms with van der Waals surface area (Å²) in [7, 11) is -0.503. The lowest BCUT2D eigenvalue weighted by atomic mass is 9.80. The molecule has 0 amide bonds. The third-order valence-electron chi connectivity index (χ3n) is 4.91. The number of nitrogens with zero attached hydrogens (tertiary/aromatic N) is 2. The van der Waals surface area contributed by atoms with E-state index in [-0.39, 0.29) is 6.10 Å². The van der Waals surface area contributed by atoms with Crippen molar-refractivity contribution in [1.82, 2.24) is 9.97 Å². The number of aromatic nitrogens is 2. The molecule has 0 aliphatic carbocycles. The highest BCUT2D eigenvalue weighted by Crippen LogP contribution is 2.37. The van der Waals surface area contributed by atoms with Gasteiger partial charge in [-0.2, -0.15) is 0 Å². The van der Waals surface area contributed by atoms with Crippen LogP contribution in [0.5, 0.6) is 5.75 Å². The molecule has 1 unspecified atom stereocenters. The van der Waals surface area contributed by atoms with Crippen molar-refractivity contribution in [2.24, 2.45) is 0 Å². The van der Waals surface area contributed by atoms with E-state index in [1.54, 1.807) is 18.6 Å².